The van der Waals surface area contributed by atoms with Crippen LogP contribution in [0.1, 0.15) is 31.7 Å². The van der Waals surface area contributed by atoms with Gasteiger partial charge in [-0.15, -0.1) is 0 Å². The summed E-state index contributed by atoms with van der Waals surface area (Å²) in [6.07, 6.45) is 2.14. The molecule has 0 aliphatic rings. The van der Waals surface area contributed by atoms with Crippen molar-refractivity contribution >= 4 is 0 Å². The summed E-state index contributed by atoms with van der Waals surface area (Å²) in [4.78, 5) is 0. The molecule has 1 atom stereocenters. The second kappa shape index (κ2) is 4.77. The summed E-state index contributed by atoms with van der Waals surface area (Å²) in [6.45, 7) is 4.40. The molecule has 0 radical (unpaired) electrons. The maximum absolute atomic E-state index is 10.1. The second-order valence-electron chi connectivity index (χ2n) is 4.32. The Bertz CT molecular complexity index is 318. The summed E-state index contributed by atoms with van der Waals surface area (Å²) in [5, 5.41) is 14.4. The highest BCUT2D eigenvalue weighted by atomic mass is 16.3. The van der Waals surface area contributed by atoms with Crippen molar-refractivity contribution in [1.29, 1.82) is 0 Å². The molecule has 0 saturated heterocycles. The zero-order valence-electron chi connectivity index (χ0n) is 9.82. The van der Waals surface area contributed by atoms with E-state index < -0.39 is 5.60 Å². The molecule has 0 aliphatic carbocycles. The Balaban J connectivity index is 2.75. The molecule has 0 amide bonds. The Morgan fingerprint density at radius 1 is 1.60 bits per heavy atom. The van der Waals surface area contributed by atoms with Crippen LogP contribution in [0.3, 0.4) is 0 Å². The van der Waals surface area contributed by atoms with Gasteiger partial charge in [-0.25, -0.2) is 0 Å². The van der Waals surface area contributed by atoms with E-state index in [-0.39, 0.29) is 0 Å². The van der Waals surface area contributed by atoms with Gasteiger partial charge in [-0.1, -0.05) is 6.92 Å². The molecule has 15 heavy (non-hydrogen) atoms. The van der Waals surface area contributed by atoms with Gasteiger partial charge >= 0.3 is 0 Å². The lowest BCUT2D eigenvalue weighted by molar-refractivity contribution is 0.0520. The van der Waals surface area contributed by atoms with Crippen LogP contribution in [0.15, 0.2) is 6.07 Å². The van der Waals surface area contributed by atoms with Crippen molar-refractivity contribution in [1.82, 2.24) is 9.78 Å². The summed E-state index contributed by atoms with van der Waals surface area (Å²) < 4.78 is 1.84. The Hall–Kier alpha value is -0.870. The Morgan fingerprint density at radius 2 is 2.27 bits per heavy atom. The Kier molecular flexibility index (Phi) is 3.88. The predicted molar refractivity (Wildman–Crippen MR) is 60.6 cm³/mol. The minimum atomic E-state index is -0.729. The molecule has 0 aromatic carbocycles. The highest BCUT2D eigenvalue weighted by Crippen LogP contribution is 2.16. The Morgan fingerprint density at radius 3 is 2.73 bits per heavy atom. The minimum absolute atomic E-state index is 0.505. The van der Waals surface area contributed by atoms with E-state index in [0.29, 0.717) is 19.4 Å². The third kappa shape index (κ3) is 3.32. The lowest BCUT2D eigenvalue weighted by Gasteiger charge is -2.22. The molecule has 1 aromatic heterocycles. The standard InChI is InChI=1S/C11H21N3O/c1-4-9-7-10(14(3)13-9)8-11(2,15)5-6-12/h7,15H,4-6,8,12H2,1-3H3. The monoisotopic (exact) mass is 211 g/mol. The third-order valence-corrected chi connectivity index (χ3v) is 2.63. The lowest BCUT2D eigenvalue weighted by atomic mass is 9.96. The summed E-state index contributed by atoms with van der Waals surface area (Å²) in [6, 6.07) is 2.05. The lowest BCUT2D eigenvalue weighted by Crippen LogP contribution is -2.31. The summed E-state index contributed by atoms with van der Waals surface area (Å²) >= 11 is 0. The third-order valence-electron chi connectivity index (χ3n) is 2.63. The van der Waals surface area contributed by atoms with Crippen molar-refractivity contribution in [3.05, 3.63) is 17.5 Å². The molecule has 4 nitrogen and oxygen atoms in total. The van der Waals surface area contributed by atoms with E-state index >= 15 is 0 Å². The van der Waals surface area contributed by atoms with Gasteiger partial charge in [0, 0.05) is 19.2 Å². The maximum Gasteiger partial charge on any atom is 0.0686 e. The average Bonchev–Trinajstić information content (AvgIpc) is 2.46. The van der Waals surface area contributed by atoms with Gasteiger partial charge in [0.25, 0.3) is 0 Å². The average molecular weight is 211 g/mol. The van der Waals surface area contributed by atoms with E-state index in [1.807, 2.05) is 24.7 Å². The molecule has 0 aliphatic heterocycles. The first-order chi connectivity index (χ1) is 6.98. The van der Waals surface area contributed by atoms with Gasteiger partial charge in [-0.2, -0.15) is 5.10 Å². The molecular formula is C11H21N3O. The van der Waals surface area contributed by atoms with E-state index in [1.165, 1.54) is 0 Å². The van der Waals surface area contributed by atoms with Gasteiger partial charge in [0.2, 0.25) is 0 Å². The van der Waals surface area contributed by atoms with Crippen LogP contribution in [-0.2, 0) is 19.9 Å². The maximum atomic E-state index is 10.1. The van der Waals surface area contributed by atoms with Crippen molar-refractivity contribution in [3.63, 3.8) is 0 Å². The minimum Gasteiger partial charge on any atom is -0.390 e. The molecule has 1 unspecified atom stereocenters. The molecule has 0 spiro atoms. The summed E-state index contributed by atoms with van der Waals surface area (Å²) in [5.74, 6) is 0. The van der Waals surface area contributed by atoms with Crippen LogP contribution in [0.5, 0.6) is 0 Å². The molecular weight excluding hydrogens is 190 g/mol. The summed E-state index contributed by atoms with van der Waals surface area (Å²) in [7, 11) is 1.91. The van der Waals surface area contributed by atoms with Crippen molar-refractivity contribution in [2.24, 2.45) is 12.8 Å². The van der Waals surface area contributed by atoms with Crippen molar-refractivity contribution in [2.45, 2.75) is 38.7 Å². The number of hydrogen-bond acceptors (Lipinski definition) is 3. The highest BCUT2D eigenvalue weighted by Gasteiger charge is 2.21. The first-order valence-corrected chi connectivity index (χ1v) is 5.42. The number of aromatic nitrogens is 2. The van der Waals surface area contributed by atoms with Gasteiger partial charge in [-0.3, -0.25) is 4.68 Å². The quantitative estimate of drug-likeness (QED) is 0.750. The number of aryl methyl sites for hydroxylation is 2. The number of rotatable bonds is 5. The van der Waals surface area contributed by atoms with Gasteiger partial charge in [0.1, 0.15) is 0 Å². The van der Waals surface area contributed by atoms with Crippen LogP contribution < -0.4 is 5.73 Å². The molecule has 1 aromatic rings. The zero-order chi connectivity index (χ0) is 11.5. The topological polar surface area (TPSA) is 64.1 Å². The number of nitrogens with two attached hydrogens (primary N) is 1. The molecule has 0 bridgehead atoms. The smallest absolute Gasteiger partial charge is 0.0686 e. The fourth-order valence-corrected chi connectivity index (χ4v) is 1.70. The fourth-order valence-electron chi connectivity index (χ4n) is 1.70. The van der Waals surface area contributed by atoms with Crippen LogP contribution in [0.25, 0.3) is 0 Å². The molecule has 0 saturated carbocycles. The predicted octanol–water partition coefficient (Wildman–Crippen LogP) is 0.625. The Labute approximate surface area is 91.1 Å². The van der Waals surface area contributed by atoms with Crippen molar-refractivity contribution < 1.29 is 5.11 Å². The molecule has 4 heteroatoms. The van der Waals surface area contributed by atoms with Crippen LogP contribution >= 0.6 is 0 Å². The van der Waals surface area contributed by atoms with Gasteiger partial charge < -0.3 is 10.8 Å². The van der Waals surface area contributed by atoms with E-state index in [9.17, 15) is 5.11 Å². The molecule has 3 N–H and O–H groups in total. The van der Waals surface area contributed by atoms with Crippen molar-refractivity contribution in [3.8, 4) is 0 Å². The summed E-state index contributed by atoms with van der Waals surface area (Å²) in [5.41, 5.74) is 6.85. The molecule has 0 fully saturated rings. The second-order valence-corrected chi connectivity index (χ2v) is 4.32. The zero-order valence-corrected chi connectivity index (χ0v) is 9.82. The molecule has 86 valence electrons. The SMILES string of the molecule is CCc1cc(CC(C)(O)CCN)n(C)n1. The fraction of sp³-hybridized carbons (Fsp3) is 0.727. The normalized spacial score (nSPS) is 15.3. The van der Waals surface area contributed by atoms with E-state index in [0.717, 1.165) is 17.8 Å². The van der Waals surface area contributed by atoms with Gasteiger partial charge in [0.05, 0.1) is 11.3 Å². The van der Waals surface area contributed by atoms with Crippen LogP contribution in [0.2, 0.25) is 0 Å². The largest absolute Gasteiger partial charge is 0.390 e. The number of nitrogens with zero attached hydrogens (tertiary/aromatic N) is 2. The highest BCUT2D eigenvalue weighted by molar-refractivity contribution is 5.12. The van der Waals surface area contributed by atoms with Crippen molar-refractivity contribution in [2.75, 3.05) is 6.54 Å². The van der Waals surface area contributed by atoms with Crippen LogP contribution in [-0.4, -0.2) is 27.0 Å². The molecule has 1 heterocycles. The van der Waals surface area contributed by atoms with Gasteiger partial charge in [0.15, 0.2) is 0 Å². The van der Waals surface area contributed by atoms with E-state index in [2.05, 4.69) is 12.0 Å². The number of hydrogen-bond donors (Lipinski definition) is 2. The van der Waals surface area contributed by atoms with E-state index in [1.54, 1.807) is 0 Å². The molecule has 1 rings (SSSR count). The van der Waals surface area contributed by atoms with Gasteiger partial charge in [-0.05, 0) is 32.4 Å². The van der Waals surface area contributed by atoms with Crippen LogP contribution in [0.4, 0.5) is 0 Å². The van der Waals surface area contributed by atoms with E-state index in [4.69, 9.17) is 5.73 Å². The first-order valence-electron chi connectivity index (χ1n) is 5.42. The first kappa shape index (κ1) is 12.2. The number of aliphatic hydroxyl groups is 1. The van der Waals surface area contributed by atoms with Crippen LogP contribution in [0, 0.1) is 0 Å².